The summed E-state index contributed by atoms with van der Waals surface area (Å²) in [5.74, 6) is -0.828. The minimum absolute atomic E-state index is 0.0724. The molecule has 160 valence electrons. The molecule has 1 unspecified atom stereocenters. The number of rotatable bonds is 4. The van der Waals surface area contributed by atoms with Crippen LogP contribution in [0.3, 0.4) is 0 Å². The number of aromatic nitrogens is 2. The lowest BCUT2D eigenvalue weighted by Gasteiger charge is -2.25. The molecule has 3 aromatic rings. The van der Waals surface area contributed by atoms with Crippen molar-refractivity contribution in [1.29, 1.82) is 0 Å². The lowest BCUT2D eigenvalue weighted by Crippen LogP contribution is -2.45. The summed E-state index contributed by atoms with van der Waals surface area (Å²) < 4.78 is 45.8. The van der Waals surface area contributed by atoms with Crippen LogP contribution in [0.4, 0.5) is 13.2 Å². The van der Waals surface area contributed by atoms with E-state index in [1.54, 1.807) is 24.3 Å². The summed E-state index contributed by atoms with van der Waals surface area (Å²) in [6.07, 6.45) is -3.56. The normalized spacial score (nSPS) is 16.6. The van der Waals surface area contributed by atoms with Gasteiger partial charge in [0.15, 0.2) is 11.3 Å². The molecule has 0 radical (unpaired) electrons. The molecule has 1 N–H and O–H groups in total. The average Bonchev–Trinajstić information content (AvgIpc) is 3.12. The third-order valence-corrected chi connectivity index (χ3v) is 5.81. The lowest BCUT2D eigenvalue weighted by molar-refractivity contribution is -0.141. The van der Waals surface area contributed by atoms with Crippen LogP contribution in [0.5, 0.6) is 5.75 Å². The fourth-order valence-electron chi connectivity index (χ4n) is 3.12. The van der Waals surface area contributed by atoms with Crippen LogP contribution in [0.1, 0.15) is 27.0 Å². The Kier molecular flexibility index (Phi) is 5.44. The Bertz CT molecular complexity index is 1150. The fraction of sp³-hybridized carbons (Fsp3) is 0.200. The number of carbonyl (C=O) groups is 2. The van der Waals surface area contributed by atoms with E-state index in [4.69, 9.17) is 4.74 Å². The monoisotopic (exact) mass is 448 g/mol. The second kappa shape index (κ2) is 8.06. The van der Waals surface area contributed by atoms with E-state index in [1.165, 1.54) is 37.2 Å². The van der Waals surface area contributed by atoms with Gasteiger partial charge in [0.25, 0.3) is 11.8 Å². The number of halogens is 3. The van der Waals surface area contributed by atoms with Crippen LogP contribution < -0.4 is 10.2 Å². The molecule has 0 spiro atoms. The number of amides is 2. The average molecular weight is 448 g/mol. The molecule has 0 saturated carbocycles. The topological polar surface area (TPSA) is 84.4 Å². The Morgan fingerprint density at radius 3 is 2.68 bits per heavy atom. The fourth-order valence-corrected chi connectivity index (χ4v) is 4.23. The van der Waals surface area contributed by atoms with E-state index >= 15 is 0 Å². The van der Waals surface area contributed by atoms with E-state index in [1.807, 2.05) is 0 Å². The van der Waals surface area contributed by atoms with Gasteiger partial charge in [0.2, 0.25) is 0 Å². The third kappa shape index (κ3) is 4.13. The third-order valence-electron chi connectivity index (χ3n) is 4.59. The lowest BCUT2D eigenvalue weighted by atomic mass is 10.1. The van der Waals surface area contributed by atoms with Gasteiger partial charge in [-0.3, -0.25) is 15.0 Å². The quantitative estimate of drug-likeness (QED) is 0.657. The van der Waals surface area contributed by atoms with Gasteiger partial charge in [0, 0.05) is 11.6 Å². The Hall–Kier alpha value is -3.34. The zero-order chi connectivity index (χ0) is 22.2. The molecule has 2 amide bonds. The number of ether oxygens (including phenoxy) is 1. The minimum Gasteiger partial charge on any atom is -0.497 e. The molecule has 3 heterocycles. The molecule has 1 fully saturated rings. The van der Waals surface area contributed by atoms with Crippen LogP contribution in [-0.2, 0) is 11.0 Å². The highest BCUT2D eigenvalue weighted by atomic mass is 32.2. The van der Waals surface area contributed by atoms with Crippen LogP contribution >= 0.6 is 11.8 Å². The van der Waals surface area contributed by atoms with Gasteiger partial charge in [-0.1, -0.05) is 12.1 Å². The van der Waals surface area contributed by atoms with Crippen molar-refractivity contribution < 1.29 is 27.5 Å². The number of nitrogens with zero attached hydrogens (tertiary/aromatic N) is 3. The van der Waals surface area contributed by atoms with Crippen molar-refractivity contribution >= 4 is 34.6 Å². The van der Waals surface area contributed by atoms with Crippen LogP contribution in [0, 0.1) is 0 Å². The van der Waals surface area contributed by atoms with Crippen LogP contribution in [0.2, 0.25) is 0 Å². The van der Waals surface area contributed by atoms with E-state index in [0.717, 1.165) is 11.1 Å². The summed E-state index contributed by atoms with van der Waals surface area (Å²) in [7, 11) is 1.51. The van der Waals surface area contributed by atoms with Gasteiger partial charge in [-0.2, -0.15) is 13.2 Å². The standard InChI is InChI=1S/C20H15F3N4O3S/c1-30-13-6-4-11(5-7-13)19-27(15(28)10-31-19)26-18(29)14-9-12-3-2-8-24-17(12)25-16(14)20(21,22)23/h2-9,19H,10H2,1H3,(H,26,29). The SMILES string of the molecule is COc1ccc(C2SCC(=O)N2NC(=O)c2cc3cccnc3nc2C(F)(F)F)cc1. The molecule has 0 bridgehead atoms. The number of alkyl halides is 3. The predicted molar refractivity (Wildman–Crippen MR) is 107 cm³/mol. The number of methoxy groups -OCH3 is 1. The predicted octanol–water partition coefficient (Wildman–Crippen LogP) is 3.58. The first-order valence-electron chi connectivity index (χ1n) is 8.99. The van der Waals surface area contributed by atoms with E-state index in [9.17, 15) is 22.8 Å². The van der Waals surface area contributed by atoms with Gasteiger partial charge in [0.05, 0.1) is 18.4 Å². The van der Waals surface area contributed by atoms with Crippen molar-refractivity contribution in [2.75, 3.05) is 12.9 Å². The maximum absolute atomic E-state index is 13.6. The molecule has 1 aliphatic rings. The molecule has 1 aromatic carbocycles. The maximum Gasteiger partial charge on any atom is 0.434 e. The molecule has 2 aromatic heterocycles. The van der Waals surface area contributed by atoms with Gasteiger partial charge in [-0.25, -0.2) is 15.0 Å². The van der Waals surface area contributed by atoms with Crippen LogP contribution in [0.25, 0.3) is 11.0 Å². The second-order valence-electron chi connectivity index (χ2n) is 6.57. The number of hydrogen-bond acceptors (Lipinski definition) is 6. The van der Waals surface area contributed by atoms with E-state index < -0.39 is 34.6 Å². The highest BCUT2D eigenvalue weighted by molar-refractivity contribution is 8.00. The number of benzene rings is 1. The van der Waals surface area contributed by atoms with Gasteiger partial charge in [-0.15, -0.1) is 11.8 Å². The van der Waals surface area contributed by atoms with Crippen molar-refractivity contribution in [3.05, 3.63) is 65.5 Å². The van der Waals surface area contributed by atoms with Crippen molar-refractivity contribution in [3.8, 4) is 5.75 Å². The maximum atomic E-state index is 13.6. The first kappa shape index (κ1) is 20.9. The van der Waals surface area contributed by atoms with E-state index in [0.29, 0.717) is 11.3 Å². The molecule has 0 aliphatic carbocycles. The molecular formula is C20H15F3N4O3S. The summed E-state index contributed by atoms with van der Waals surface area (Å²) in [5.41, 5.74) is 0.838. The summed E-state index contributed by atoms with van der Waals surface area (Å²) in [6, 6.07) is 10.9. The number of pyridine rings is 2. The number of carbonyl (C=O) groups excluding carboxylic acids is 2. The first-order valence-corrected chi connectivity index (χ1v) is 10.0. The summed E-state index contributed by atoms with van der Waals surface area (Å²) >= 11 is 1.25. The highest BCUT2D eigenvalue weighted by Gasteiger charge is 2.40. The Labute approximate surface area is 178 Å². The Morgan fingerprint density at radius 1 is 1.26 bits per heavy atom. The number of thioether (sulfide) groups is 1. The van der Waals surface area contributed by atoms with E-state index in [-0.39, 0.29) is 16.8 Å². The first-order chi connectivity index (χ1) is 14.8. The van der Waals surface area contributed by atoms with Crippen molar-refractivity contribution in [2.24, 2.45) is 0 Å². The molecule has 1 saturated heterocycles. The molecule has 1 aliphatic heterocycles. The van der Waals surface area contributed by atoms with Gasteiger partial charge >= 0.3 is 6.18 Å². The largest absolute Gasteiger partial charge is 0.497 e. The Morgan fingerprint density at radius 2 is 2.00 bits per heavy atom. The van der Waals surface area contributed by atoms with Gasteiger partial charge in [0.1, 0.15) is 11.1 Å². The second-order valence-corrected chi connectivity index (χ2v) is 7.64. The van der Waals surface area contributed by atoms with Gasteiger partial charge < -0.3 is 4.74 Å². The Balaban J connectivity index is 1.67. The summed E-state index contributed by atoms with van der Waals surface area (Å²) in [4.78, 5) is 32.6. The molecule has 11 heteroatoms. The molecule has 31 heavy (non-hydrogen) atoms. The number of hydrazine groups is 1. The molecule has 1 atom stereocenters. The molecule has 7 nitrogen and oxygen atoms in total. The van der Waals surface area contributed by atoms with E-state index in [2.05, 4.69) is 15.4 Å². The van der Waals surface area contributed by atoms with Crippen LogP contribution in [-0.4, -0.2) is 39.7 Å². The highest BCUT2D eigenvalue weighted by Crippen LogP contribution is 2.38. The van der Waals surface area contributed by atoms with Gasteiger partial charge in [-0.05, 0) is 35.9 Å². The van der Waals surface area contributed by atoms with Crippen molar-refractivity contribution in [1.82, 2.24) is 20.4 Å². The van der Waals surface area contributed by atoms with Crippen molar-refractivity contribution in [3.63, 3.8) is 0 Å². The molecular weight excluding hydrogens is 433 g/mol. The molecule has 4 rings (SSSR count). The van der Waals surface area contributed by atoms with Crippen molar-refractivity contribution in [2.45, 2.75) is 11.6 Å². The number of nitrogens with one attached hydrogen (secondary N) is 1. The summed E-state index contributed by atoms with van der Waals surface area (Å²) in [6.45, 7) is 0. The minimum atomic E-state index is -4.88. The zero-order valence-corrected chi connectivity index (χ0v) is 16.8. The number of fused-ring (bicyclic) bond motifs is 1. The van der Waals surface area contributed by atoms with Crippen LogP contribution in [0.15, 0.2) is 48.7 Å². The summed E-state index contributed by atoms with van der Waals surface area (Å²) in [5, 5.41) is 0.726. The number of hydrogen-bond donors (Lipinski definition) is 1. The zero-order valence-electron chi connectivity index (χ0n) is 16.0. The smallest absolute Gasteiger partial charge is 0.434 e.